The van der Waals surface area contributed by atoms with Crippen LogP contribution < -0.4 is 0 Å². The van der Waals surface area contributed by atoms with Crippen LogP contribution in [0.4, 0.5) is 0 Å². The van der Waals surface area contributed by atoms with Crippen LogP contribution in [-0.4, -0.2) is 96.7 Å². The van der Waals surface area contributed by atoms with Crippen LogP contribution in [0.2, 0.25) is 0 Å². The third-order valence-electron chi connectivity index (χ3n) is 18.4. The van der Waals surface area contributed by atoms with E-state index in [-0.39, 0.29) is 25.7 Å². The zero-order chi connectivity index (χ0) is 73.0. The van der Waals surface area contributed by atoms with Crippen molar-refractivity contribution in [3.8, 4) is 0 Å². The summed E-state index contributed by atoms with van der Waals surface area (Å²) >= 11 is 0. The predicted molar refractivity (Wildman–Crippen MR) is 404 cm³/mol. The van der Waals surface area contributed by atoms with Crippen LogP contribution >= 0.6 is 15.6 Å². The molecule has 0 aliphatic carbocycles. The normalized spacial score (nSPS) is 14.4. The van der Waals surface area contributed by atoms with Gasteiger partial charge in [-0.05, 0) is 69.1 Å². The molecule has 19 heteroatoms. The van der Waals surface area contributed by atoms with Crippen LogP contribution in [0.25, 0.3) is 0 Å². The molecule has 0 spiro atoms. The number of aliphatic hydroxyl groups is 1. The fourth-order valence-electron chi connectivity index (χ4n) is 11.7. The van der Waals surface area contributed by atoms with Gasteiger partial charge in [-0.2, -0.15) is 0 Å². The van der Waals surface area contributed by atoms with Crippen LogP contribution in [0.3, 0.4) is 0 Å². The van der Waals surface area contributed by atoms with Gasteiger partial charge in [-0.3, -0.25) is 37.3 Å². The van der Waals surface area contributed by atoms with Gasteiger partial charge in [0.25, 0.3) is 0 Å². The number of allylic oxidation sites excluding steroid dienone is 4. The SMILES string of the molecule is CCCCCC/C=C\C=C/CCCCCCCC(=O)O[C@H](COC(=O)CCCCCCCCC(C)CC)COP(=O)(O)OC[C@H](O)COP(=O)(O)OC[C@@H](COC(=O)CCCCCCCCCCCCCCCCC(C)C)OC(=O)CCCCCCCCCCCCCCCCC(C)C. The molecular weight excluding hydrogens is 1290 g/mol. The first kappa shape index (κ1) is 96.5. The first-order chi connectivity index (χ1) is 47.8. The van der Waals surface area contributed by atoms with Gasteiger partial charge < -0.3 is 33.8 Å². The van der Waals surface area contributed by atoms with Gasteiger partial charge in [-0.1, -0.05) is 336 Å². The Morgan fingerprint density at radius 1 is 0.333 bits per heavy atom. The van der Waals surface area contributed by atoms with Gasteiger partial charge >= 0.3 is 39.5 Å². The molecule has 0 aromatic heterocycles. The lowest BCUT2D eigenvalue weighted by Crippen LogP contribution is -2.30. The Balaban J connectivity index is 5.29. The molecule has 0 bridgehead atoms. The minimum absolute atomic E-state index is 0.0840. The average Bonchev–Trinajstić information content (AvgIpc) is 1.27. The van der Waals surface area contributed by atoms with Crippen LogP contribution in [0.1, 0.15) is 389 Å². The summed E-state index contributed by atoms with van der Waals surface area (Å²) in [6.45, 7) is 11.9. The summed E-state index contributed by atoms with van der Waals surface area (Å²) in [4.78, 5) is 73.0. The highest BCUT2D eigenvalue weighted by Gasteiger charge is 2.30. The molecule has 0 saturated carbocycles. The summed E-state index contributed by atoms with van der Waals surface area (Å²) in [6.07, 6.45) is 60.5. The number of carbonyl (C=O) groups is 4. The number of phosphoric ester groups is 2. The second-order valence-electron chi connectivity index (χ2n) is 29.3. The molecule has 3 unspecified atom stereocenters. The van der Waals surface area contributed by atoms with Gasteiger partial charge in [0, 0.05) is 25.7 Å². The van der Waals surface area contributed by atoms with Crippen molar-refractivity contribution in [3.05, 3.63) is 24.3 Å². The van der Waals surface area contributed by atoms with Gasteiger partial charge in [-0.25, -0.2) is 9.13 Å². The lowest BCUT2D eigenvalue weighted by molar-refractivity contribution is -0.161. The number of hydrogen-bond acceptors (Lipinski definition) is 15. The molecular formula is C80H152O17P2. The lowest BCUT2D eigenvalue weighted by atomic mass is 10.00. The van der Waals surface area contributed by atoms with E-state index in [1.54, 1.807) is 0 Å². The number of esters is 4. The maximum atomic E-state index is 13.1. The zero-order valence-corrected chi connectivity index (χ0v) is 66.2. The van der Waals surface area contributed by atoms with Crippen molar-refractivity contribution in [3.63, 3.8) is 0 Å². The topological polar surface area (TPSA) is 237 Å². The molecule has 0 saturated heterocycles. The Bertz CT molecular complexity index is 2020. The first-order valence-electron chi connectivity index (χ1n) is 40.7. The van der Waals surface area contributed by atoms with E-state index in [1.165, 1.54) is 180 Å². The Labute approximate surface area is 605 Å². The molecule has 0 amide bonds. The standard InChI is InChI=1S/C80H152O17P2/c1-8-10-11-12-13-14-15-16-17-25-30-35-40-49-56-64-80(85)97-76(68-91-78(83)62-55-48-43-42-46-53-60-73(7)9-2)70-95-99(88,89)93-66-74(81)65-92-98(86,87)94-69-75(96-79(84)63-57-50-41-36-31-26-21-19-23-28-33-38-45-52-59-72(5)6)67-90-77(82)61-54-47-39-34-29-24-20-18-22-27-32-37-44-51-58-71(3)4/h14-17,71-76,81H,8-13,18-70H2,1-7H3,(H,86,87)(H,88,89)/b15-14-,17-16-/t73?,74-,75-,76-/m1/s1. The highest BCUT2D eigenvalue weighted by Crippen LogP contribution is 2.45. The number of rotatable bonds is 76. The molecule has 0 rings (SSSR count). The number of phosphoric acid groups is 2. The van der Waals surface area contributed by atoms with E-state index in [0.717, 1.165) is 127 Å². The van der Waals surface area contributed by atoms with Crippen molar-refractivity contribution in [2.45, 2.75) is 407 Å². The predicted octanol–water partition coefficient (Wildman–Crippen LogP) is 23.3. The second-order valence-corrected chi connectivity index (χ2v) is 32.2. The molecule has 0 aliphatic rings. The summed E-state index contributed by atoms with van der Waals surface area (Å²) in [5, 5.41) is 10.6. The fraction of sp³-hybridized carbons (Fsp3) is 0.900. The molecule has 0 aromatic rings. The third kappa shape index (κ3) is 72.3. The summed E-state index contributed by atoms with van der Waals surface area (Å²) in [5.74, 6) is 0.175. The van der Waals surface area contributed by atoms with Crippen LogP contribution in [0.5, 0.6) is 0 Å². The summed E-state index contributed by atoms with van der Waals surface area (Å²) in [5.41, 5.74) is 0. The number of hydrogen-bond donors (Lipinski definition) is 3. The molecule has 17 nitrogen and oxygen atoms in total. The van der Waals surface area contributed by atoms with Gasteiger partial charge in [0.1, 0.15) is 19.3 Å². The van der Waals surface area contributed by atoms with E-state index in [9.17, 15) is 43.2 Å². The number of ether oxygens (including phenoxy) is 4. The highest BCUT2D eigenvalue weighted by molar-refractivity contribution is 7.47. The molecule has 0 heterocycles. The number of aliphatic hydroxyl groups excluding tert-OH is 1. The molecule has 3 N–H and O–H groups in total. The average molecular weight is 1450 g/mol. The van der Waals surface area contributed by atoms with Crippen molar-refractivity contribution in [1.82, 2.24) is 0 Å². The van der Waals surface area contributed by atoms with Crippen LogP contribution in [0.15, 0.2) is 24.3 Å². The quantitative estimate of drug-likeness (QED) is 0.0169. The van der Waals surface area contributed by atoms with Crippen molar-refractivity contribution < 1.29 is 80.2 Å². The molecule has 0 radical (unpaired) electrons. The number of carbonyl (C=O) groups excluding carboxylic acids is 4. The van der Waals surface area contributed by atoms with E-state index < -0.39 is 97.5 Å². The van der Waals surface area contributed by atoms with E-state index in [2.05, 4.69) is 72.8 Å². The molecule has 0 aromatic carbocycles. The van der Waals surface area contributed by atoms with Gasteiger partial charge in [0.05, 0.1) is 26.4 Å². The Morgan fingerprint density at radius 2 is 0.596 bits per heavy atom. The maximum Gasteiger partial charge on any atom is 0.472 e. The first-order valence-corrected chi connectivity index (χ1v) is 43.7. The Morgan fingerprint density at radius 3 is 0.899 bits per heavy atom. The van der Waals surface area contributed by atoms with E-state index >= 15 is 0 Å². The molecule has 6 atom stereocenters. The van der Waals surface area contributed by atoms with Crippen molar-refractivity contribution in [1.29, 1.82) is 0 Å². The van der Waals surface area contributed by atoms with Gasteiger partial charge in [0.2, 0.25) is 0 Å². The number of unbranched alkanes of at least 4 members (excludes halogenated alkanes) is 40. The van der Waals surface area contributed by atoms with Gasteiger partial charge in [-0.15, -0.1) is 0 Å². The second kappa shape index (κ2) is 69.9. The van der Waals surface area contributed by atoms with Crippen molar-refractivity contribution >= 4 is 39.5 Å². The molecule has 99 heavy (non-hydrogen) atoms. The zero-order valence-electron chi connectivity index (χ0n) is 64.4. The Hall–Kier alpha value is -2.46. The van der Waals surface area contributed by atoms with E-state index in [1.807, 2.05) is 0 Å². The summed E-state index contributed by atoms with van der Waals surface area (Å²) in [7, 11) is -9.93. The molecule has 584 valence electrons. The minimum atomic E-state index is -4.97. The minimum Gasteiger partial charge on any atom is -0.462 e. The van der Waals surface area contributed by atoms with E-state index in [4.69, 9.17) is 37.0 Å². The lowest BCUT2D eigenvalue weighted by Gasteiger charge is -2.21. The van der Waals surface area contributed by atoms with Crippen molar-refractivity contribution in [2.24, 2.45) is 17.8 Å². The van der Waals surface area contributed by atoms with Crippen molar-refractivity contribution in [2.75, 3.05) is 39.6 Å². The fourth-order valence-corrected chi connectivity index (χ4v) is 13.3. The highest BCUT2D eigenvalue weighted by atomic mass is 31.2. The van der Waals surface area contributed by atoms with Gasteiger partial charge in [0.15, 0.2) is 12.2 Å². The van der Waals surface area contributed by atoms with Crippen LogP contribution in [0, 0.1) is 17.8 Å². The van der Waals surface area contributed by atoms with E-state index in [0.29, 0.717) is 25.7 Å². The monoisotopic (exact) mass is 1450 g/mol. The largest absolute Gasteiger partial charge is 0.472 e. The maximum absolute atomic E-state index is 13.1. The Kier molecular flexibility index (Phi) is 68.1. The summed E-state index contributed by atoms with van der Waals surface area (Å²) in [6, 6.07) is 0. The molecule has 0 aliphatic heterocycles. The molecule has 0 fully saturated rings. The smallest absolute Gasteiger partial charge is 0.462 e. The third-order valence-corrected chi connectivity index (χ3v) is 20.3. The summed E-state index contributed by atoms with van der Waals surface area (Å²) < 4.78 is 68.6. The van der Waals surface area contributed by atoms with Crippen LogP contribution in [-0.2, 0) is 65.4 Å².